The van der Waals surface area contributed by atoms with E-state index in [1.807, 2.05) is 11.4 Å². The molecule has 1 aromatic carbocycles. The molecule has 1 amide bonds. The number of hydrogen-bond donors (Lipinski definition) is 2. The minimum Gasteiger partial charge on any atom is -0.348 e. The third-order valence-electron chi connectivity index (χ3n) is 4.79. The van der Waals surface area contributed by atoms with Crippen molar-refractivity contribution >= 4 is 43.2 Å². The summed E-state index contributed by atoms with van der Waals surface area (Å²) in [5.74, 6) is 0.336. The van der Waals surface area contributed by atoms with Gasteiger partial charge in [-0.25, -0.2) is 13.1 Å². The van der Waals surface area contributed by atoms with Crippen LogP contribution in [0.1, 0.15) is 43.0 Å². The number of carbonyl (C=O) groups excluding carboxylic acids is 1. The highest BCUT2D eigenvalue weighted by Gasteiger charge is 2.28. The zero-order valence-electron chi connectivity index (χ0n) is 14.9. The van der Waals surface area contributed by atoms with Gasteiger partial charge in [-0.1, -0.05) is 40.9 Å². The summed E-state index contributed by atoms with van der Waals surface area (Å²) < 4.78 is 27.8. The molecule has 1 unspecified atom stereocenters. The second kappa shape index (κ2) is 9.32. The van der Waals surface area contributed by atoms with Crippen molar-refractivity contribution in [2.75, 3.05) is 6.54 Å². The van der Waals surface area contributed by atoms with E-state index in [9.17, 15) is 13.2 Å². The zero-order valence-corrected chi connectivity index (χ0v) is 18.1. The second-order valence-electron chi connectivity index (χ2n) is 6.71. The van der Waals surface area contributed by atoms with Crippen LogP contribution in [0.4, 0.5) is 0 Å². The Kier molecular flexibility index (Phi) is 7.08. The second-order valence-corrected chi connectivity index (χ2v) is 10.4. The van der Waals surface area contributed by atoms with Crippen LogP contribution < -0.4 is 10.0 Å². The van der Waals surface area contributed by atoms with Crippen molar-refractivity contribution in [3.63, 3.8) is 0 Å². The van der Waals surface area contributed by atoms with Gasteiger partial charge in [0.25, 0.3) is 0 Å². The lowest BCUT2D eigenvalue weighted by atomic mass is 9.96. The molecule has 1 fully saturated rings. The Labute approximate surface area is 172 Å². The Balaban J connectivity index is 1.55. The quantitative estimate of drug-likeness (QED) is 0.605. The van der Waals surface area contributed by atoms with E-state index in [1.165, 1.54) is 29.9 Å². The summed E-state index contributed by atoms with van der Waals surface area (Å²) in [6.07, 6.45) is 4.77. The number of carbonyl (C=O) groups is 1. The van der Waals surface area contributed by atoms with Gasteiger partial charge in [0.15, 0.2) is 0 Å². The molecular formula is C19H23BrN2O3S2. The van der Waals surface area contributed by atoms with Crippen molar-refractivity contribution in [1.29, 1.82) is 0 Å². The summed E-state index contributed by atoms with van der Waals surface area (Å²) in [5, 5.41) is 5.15. The van der Waals surface area contributed by atoms with Crippen LogP contribution >= 0.6 is 27.3 Å². The molecule has 1 aliphatic carbocycles. The van der Waals surface area contributed by atoms with Gasteiger partial charge in [0.05, 0.1) is 10.9 Å². The van der Waals surface area contributed by atoms with E-state index in [0.717, 1.165) is 12.8 Å². The van der Waals surface area contributed by atoms with E-state index < -0.39 is 10.0 Å². The summed E-state index contributed by atoms with van der Waals surface area (Å²) >= 11 is 4.92. The Morgan fingerprint density at radius 3 is 2.67 bits per heavy atom. The molecule has 3 rings (SSSR count). The molecule has 1 heterocycles. The van der Waals surface area contributed by atoms with Gasteiger partial charge in [-0.3, -0.25) is 4.79 Å². The largest absolute Gasteiger partial charge is 0.348 e. The van der Waals surface area contributed by atoms with E-state index in [0.29, 0.717) is 10.4 Å². The first-order chi connectivity index (χ1) is 13.0. The van der Waals surface area contributed by atoms with Crippen LogP contribution in [0.15, 0.2) is 51.1 Å². The predicted octanol–water partition coefficient (Wildman–Crippen LogP) is 4.23. The lowest BCUT2D eigenvalue weighted by molar-refractivity contribution is -0.122. The van der Waals surface area contributed by atoms with Crippen LogP contribution in [0.25, 0.3) is 0 Å². The van der Waals surface area contributed by atoms with Gasteiger partial charge in [-0.2, -0.15) is 0 Å². The molecular weight excluding hydrogens is 448 g/mol. The molecule has 0 bridgehead atoms. The number of nitrogens with one attached hydrogen (secondary N) is 2. The van der Waals surface area contributed by atoms with E-state index >= 15 is 0 Å². The van der Waals surface area contributed by atoms with Crippen molar-refractivity contribution in [3.8, 4) is 0 Å². The molecule has 1 aromatic heterocycles. The highest BCUT2D eigenvalue weighted by atomic mass is 79.9. The van der Waals surface area contributed by atoms with Crippen LogP contribution in [-0.2, 0) is 14.8 Å². The third-order valence-corrected chi connectivity index (χ3v) is 7.70. The lowest BCUT2D eigenvalue weighted by Crippen LogP contribution is -2.35. The summed E-state index contributed by atoms with van der Waals surface area (Å²) in [5.41, 5.74) is 0. The standard InChI is InChI=1S/C19H23BrN2O3S2/c20-15-7-3-8-16(13-15)27(24,25)21-11-10-18(23)22-19(14-5-1-2-6-14)17-9-4-12-26-17/h3-4,7-9,12-14,19,21H,1-2,5-6,10-11H2,(H,22,23). The van der Waals surface area contributed by atoms with Gasteiger partial charge < -0.3 is 5.32 Å². The van der Waals surface area contributed by atoms with Crippen LogP contribution in [0, 0.1) is 5.92 Å². The number of amides is 1. The topological polar surface area (TPSA) is 75.3 Å². The number of hydrogen-bond acceptors (Lipinski definition) is 4. The van der Waals surface area contributed by atoms with Crippen molar-refractivity contribution in [1.82, 2.24) is 10.0 Å². The smallest absolute Gasteiger partial charge is 0.240 e. The number of sulfonamides is 1. The lowest BCUT2D eigenvalue weighted by Gasteiger charge is -2.24. The van der Waals surface area contributed by atoms with Gasteiger partial charge in [-0.05, 0) is 48.4 Å². The zero-order chi connectivity index (χ0) is 19.3. The predicted molar refractivity (Wildman–Crippen MR) is 111 cm³/mol. The molecule has 1 saturated carbocycles. The highest BCUT2D eigenvalue weighted by molar-refractivity contribution is 9.10. The van der Waals surface area contributed by atoms with Crippen LogP contribution in [-0.4, -0.2) is 20.9 Å². The van der Waals surface area contributed by atoms with E-state index in [2.05, 4.69) is 32.0 Å². The summed E-state index contributed by atoms with van der Waals surface area (Å²) in [6.45, 7) is 0.0719. The van der Waals surface area contributed by atoms with Crippen molar-refractivity contribution in [2.24, 2.45) is 5.92 Å². The Morgan fingerprint density at radius 2 is 2.00 bits per heavy atom. The monoisotopic (exact) mass is 470 g/mol. The molecule has 0 aliphatic heterocycles. The van der Waals surface area contributed by atoms with Crippen molar-refractivity contribution in [2.45, 2.75) is 43.0 Å². The normalized spacial score (nSPS) is 16.3. The molecule has 2 aromatic rings. The van der Waals surface area contributed by atoms with Gasteiger partial charge in [0.2, 0.25) is 15.9 Å². The first-order valence-corrected chi connectivity index (χ1v) is 12.2. The third kappa shape index (κ3) is 5.63. The minimum atomic E-state index is -3.62. The van der Waals surface area contributed by atoms with Gasteiger partial charge in [0, 0.05) is 22.3 Å². The Morgan fingerprint density at radius 1 is 1.22 bits per heavy atom. The maximum atomic E-state index is 12.4. The van der Waals surface area contributed by atoms with E-state index in [4.69, 9.17) is 0 Å². The van der Waals surface area contributed by atoms with Gasteiger partial charge in [0.1, 0.15) is 0 Å². The minimum absolute atomic E-state index is 0.0293. The Hall–Kier alpha value is -1.22. The molecule has 0 radical (unpaired) electrons. The SMILES string of the molecule is O=C(CCNS(=O)(=O)c1cccc(Br)c1)NC(c1cccs1)C1CCCC1. The molecule has 5 nitrogen and oxygen atoms in total. The maximum absolute atomic E-state index is 12.4. The number of halogens is 1. The fourth-order valence-corrected chi connectivity index (χ4v) is 5.94. The number of thiophene rings is 1. The molecule has 0 saturated heterocycles. The summed E-state index contributed by atoms with van der Waals surface area (Å²) in [7, 11) is -3.62. The number of benzene rings is 1. The summed E-state index contributed by atoms with van der Waals surface area (Å²) in [6, 6.07) is 10.6. The fraction of sp³-hybridized carbons (Fsp3) is 0.421. The maximum Gasteiger partial charge on any atom is 0.240 e. The van der Waals surface area contributed by atoms with Crippen molar-refractivity contribution < 1.29 is 13.2 Å². The first-order valence-electron chi connectivity index (χ1n) is 9.04. The molecule has 8 heteroatoms. The highest BCUT2D eigenvalue weighted by Crippen LogP contribution is 2.37. The van der Waals surface area contributed by atoms with Crippen LogP contribution in [0.5, 0.6) is 0 Å². The van der Waals surface area contributed by atoms with Gasteiger partial charge in [-0.15, -0.1) is 11.3 Å². The Bertz CT molecular complexity index is 863. The molecule has 1 atom stereocenters. The van der Waals surface area contributed by atoms with Gasteiger partial charge >= 0.3 is 0 Å². The fourth-order valence-electron chi connectivity index (χ4n) is 3.44. The molecule has 27 heavy (non-hydrogen) atoms. The molecule has 2 N–H and O–H groups in total. The molecule has 1 aliphatic rings. The average Bonchev–Trinajstić information content (AvgIpc) is 3.33. The summed E-state index contributed by atoms with van der Waals surface area (Å²) in [4.78, 5) is 13.8. The van der Waals surface area contributed by atoms with Crippen LogP contribution in [0.2, 0.25) is 0 Å². The van der Waals surface area contributed by atoms with E-state index in [1.54, 1.807) is 23.5 Å². The first kappa shape index (κ1) is 20.5. The molecule has 146 valence electrons. The van der Waals surface area contributed by atoms with E-state index in [-0.39, 0.29) is 29.8 Å². The van der Waals surface area contributed by atoms with Crippen molar-refractivity contribution in [3.05, 3.63) is 51.1 Å². The number of rotatable bonds is 8. The average molecular weight is 471 g/mol. The van der Waals surface area contributed by atoms with Crippen LogP contribution in [0.3, 0.4) is 0 Å². The molecule has 0 spiro atoms.